The van der Waals surface area contributed by atoms with Gasteiger partial charge in [0.05, 0.1) is 0 Å². The Morgan fingerprint density at radius 1 is 1.46 bits per heavy atom. The fraction of sp³-hybridized carbons (Fsp3) is 0.889. The molecule has 0 amide bonds. The smallest absolute Gasteiger partial charge is 0.335 e. The van der Waals surface area contributed by atoms with Gasteiger partial charge in [0.25, 0.3) is 0 Å². The summed E-state index contributed by atoms with van der Waals surface area (Å²) in [5.74, 6) is -0.319. The van der Waals surface area contributed by atoms with E-state index in [1.807, 2.05) is 13.8 Å². The van der Waals surface area contributed by atoms with Gasteiger partial charge in [0.2, 0.25) is 0 Å². The van der Waals surface area contributed by atoms with Crippen LogP contribution in [0.2, 0.25) is 0 Å². The molecule has 0 aromatic heterocycles. The zero-order valence-corrected chi connectivity index (χ0v) is 8.49. The lowest BCUT2D eigenvalue weighted by molar-refractivity contribution is -0.160. The van der Waals surface area contributed by atoms with Gasteiger partial charge in [-0.1, -0.05) is 13.8 Å². The molecule has 0 radical (unpaired) electrons. The standard InChI is InChI=1S/C9H19NO3/c1-6(2)7(3)13-9(12)8(11)4-5-10/h6-8,11H,4-5,10H2,1-3H3/t7?,8-/m0/s1. The van der Waals surface area contributed by atoms with Crippen molar-refractivity contribution >= 4 is 5.97 Å². The van der Waals surface area contributed by atoms with E-state index < -0.39 is 12.1 Å². The minimum absolute atomic E-state index is 0.167. The lowest BCUT2D eigenvalue weighted by Gasteiger charge is -2.18. The van der Waals surface area contributed by atoms with Gasteiger partial charge in [-0.25, -0.2) is 4.79 Å². The van der Waals surface area contributed by atoms with Crippen LogP contribution >= 0.6 is 0 Å². The largest absolute Gasteiger partial charge is 0.460 e. The molecule has 0 spiro atoms. The Bertz CT molecular complexity index is 159. The number of hydrogen-bond donors (Lipinski definition) is 2. The summed E-state index contributed by atoms with van der Waals surface area (Å²) in [6.45, 7) is 5.99. The quantitative estimate of drug-likeness (QED) is 0.609. The lowest BCUT2D eigenvalue weighted by Crippen LogP contribution is -2.30. The summed E-state index contributed by atoms with van der Waals surface area (Å²) in [6.07, 6.45) is -0.991. The van der Waals surface area contributed by atoms with Crippen LogP contribution in [0.5, 0.6) is 0 Å². The maximum atomic E-state index is 11.1. The molecule has 3 N–H and O–H groups in total. The Morgan fingerprint density at radius 3 is 2.38 bits per heavy atom. The SMILES string of the molecule is CC(C)C(C)OC(=O)[C@@H](O)CCN. The Balaban J connectivity index is 3.85. The van der Waals surface area contributed by atoms with E-state index in [4.69, 9.17) is 10.5 Å². The van der Waals surface area contributed by atoms with Crippen molar-refractivity contribution in [3.05, 3.63) is 0 Å². The van der Waals surface area contributed by atoms with Gasteiger partial charge < -0.3 is 15.6 Å². The van der Waals surface area contributed by atoms with Crippen LogP contribution < -0.4 is 5.73 Å². The van der Waals surface area contributed by atoms with E-state index in [1.165, 1.54) is 0 Å². The maximum absolute atomic E-state index is 11.1. The van der Waals surface area contributed by atoms with Crippen molar-refractivity contribution in [1.29, 1.82) is 0 Å². The molecule has 0 saturated heterocycles. The van der Waals surface area contributed by atoms with E-state index in [1.54, 1.807) is 6.92 Å². The molecule has 0 aliphatic rings. The topological polar surface area (TPSA) is 72.5 Å². The predicted octanol–water partition coefficient (Wildman–Crippen LogP) is 0.284. The average molecular weight is 189 g/mol. The second-order valence-corrected chi connectivity index (χ2v) is 3.48. The summed E-state index contributed by atoms with van der Waals surface area (Å²) < 4.78 is 4.98. The van der Waals surface area contributed by atoms with Gasteiger partial charge in [-0.05, 0) is 25.8 Å². The van der Waals surface area contributed by atoms with Crippen LogP contribution in [-0.2, 0) is 9.53 Å². The number of carbonyl (C=O) groups excluding carboxylic acids is 1. The molecule has 0 rings (SSSR count). The molecular weight excluding hydrogens is 170 g/mol. The van der Waals surface area contributed by atoms with Crippen molar-refractivity contribution in [3.8, 4) is 0 Å². The molecular formula is C9H19NO3. The minimum atomic E-state index is -1.08. The van der Waals surface area contributed by atoms with Crippen molar-refractivity contribution in [2.45, 2.75) is 39.4 Å². The zero-order chi connectivity index (χ0) is 10.4. The van der Waals surface area contributed by atoms with Crippen molar-refractivity contribution in [3.63, 3.8) is 0 Å². The molecule has 0 aromatic rings. The summed E-state index contributed by atoms with van der Waals surface area (Å²) in [7, 11) is 0. The van der Waals surface area contributed by atoms with E-state index in [0.717, 1.165) is 0 Å². The second-order valence-electron chi connectivity index (χ2n) is 3.48. The molecule has 1 unspecified atom stereocenters. The summed E-state index contributed by atoms with van der Waals surface area (Å²) in [5.41, 5.74) is 5.19. The number of carbonyl (C=O) groups is 1. The zero-order valence-electron chi connectivity index (χ0n) is 8.49. The highest BCUT2D eigenvalue weighted by Crippen LogP contribution is 2.07. The normalized spacial score (nSPS) is 15.5. The lowest BCUT2D eigenvalue weighted by atomic mass is 10.1. The molecule has 4 heteroatoms. The third-order valence-corrected chi connectivity index (χ3v) is 1.95. The number of esters is 1. The Kier molecular flexibility index (Phi) is 5.66. The Hall–Kier alpha value is -0.610. The summed E-state index contributed by atoms with van der Waals surface area (Å²) in [4.78, 5) is 11.1. The number of rotatable bonds is 5. The monoisotopic (exact) mass is 189 g/mol. The number of aliphatic hydroxyl groups excluding tert-OH is 1. The molecule has 0 aliphatic heterocycles. The first-order valence-corrected chi connectivity index (χ1v) is 4.57. The average Bonchev–Trinajstić information content (AvgIpc) is 2.04. The minimum Gasteiger partial charge on any atom is -0.460 e. The fourth-order valence-electron chi connectivity index (χ4n) is 0.674. The number of nitrogens with two attached hydrogens (primary N) is 1. The van der Waals surface area contributed by atoms with Gasteiger partial charge in [0.1, 0.15) is 6.10 Å². The van der Waals surface area contributed by atoms with E-state index in [0.29, 0.717) is 0 Å². The highest BCUT2D eigenvalue weighted by Gasteiger charge is 2.19. The molecule has 0 fully saturated rings. The Morgan fingerprint density at radius 2 is 2.00 bits per heavy atom. The summed E-state index contributed by atoms with van der Waals surface area (Å²) >= 11 is 0. The van der Waals surface area contributed by atoms with Crippen LogP contribution in [0.3, 0.4) is 0 Å². The molecule has 13 heavy (non-hydrogen) atoms. The summed E-state index contributed by atoms with van der Waals surface area (Å²) in [5, 5.41) is 9.19. The fourth-order valence-corrected chi connectivity index (χ4v) is 0.674. The molecule has 4 nitrogen and oxygen atoms in total. The maximum Gasteiger partial charge on any atom is 0.335 e. The van der Waals surface area contributed by atoms with Crippen molar-refractivity contribution in [1.82, 2.24) is 0 Å². The van der Waals surface area contributed by atoms with E-state index >= 15 is 0 Å². The molecule has 0 aliphatic carbocycles. The first-order valence-electron chi connectivity index (χ1n) is 4.57. The summed E-state index contributed by atoms with van der Waals surface area (Å²) in [6, 6.07) is 0. The first kappa shape index (κ1) is 12.4. The van der Waals surface area contributed by atoms with E-state index in [-0.39, 0.29) is 25.0 Å². The van der Waals surface area contributed by atoms with E-state index in [2.05, 4.69) is 0 Å². The van der Waals surface area contributed by atoms with Gasteiger partial charge in [-0.15, -0.1) is 0 Å². The van der Waals surface area contributed by atoms with Gasteiger partial charge in [-0.3, -0.25) is 0 Å². The van der Waals surface area contributed by atoms with Crippen LogP contribution in [0.15, 0.2) is 0 Å². The number of aliphatic hydroxyl groups is 1. The highest BCUT2D eigenvalue weighted by molar-refractivity contribution is 5.74. The molecule has 0 bridgehead atoms. The van der Waals surface area contributed by atoms with Gasteiger partial charge >= 0.3 is 5.97 Å². The van der Waals surface area contributed by atoms with Crippen LogP contribution in [-0.4, -0.2) is 29.8 Å². The molecule has 78 valence electrons. The third kappa shape index (κ3) is 4.85. The van der Waals surface area contributed by atoms with Crippen LogP contribution in [0.25, 0.3) is 0 Å². The van der Waals surface area contributed by atoms with Crippen molar-refractivity contribution < 1.29 is 14.6 Å². The first-order chi connectivity index (χ1) is 5.99. The highest BCUT2D eigenvalue weighted by atomic mass is 16.6. The Labute approximate surface area is 79.1 Å². The molecule has 0 heterocycles. The predicted molar refractivity (Wildman–Crippen MR) is 50.1 cm³/mol. The second kappa shape index (κ2) is 5.94. The van der Waals surface area contributed by atoms with Gasteiger partial charge in [0, 0.05) is 0 Å². The molecule has 0 saturated carbocycles. The number of ether oxygens (including phenoxy) is 1. The van der Waals surface area contributed by atoms with Gasteiger partial charge in [-0.2, -0.15) is 0 Å². The van der Waals surface area contributed by atoms with Gasteiger partial charge in [0.15, 0.2) is 6.10 Å². The van der Waals surface area contributed by atoms with Crippen LogP contribution in [0, 0.1) is 5.92 Å². The van der Waals surface area contributed by atoms with Crippen LogP contribution in [0.4, 0.5) is 0 Å². The molecule has 0 aromatic carbocycles. The van der Waals surface area contributed by atoms with Crippen molar-refractivity contribution in [2.24, 2.45) is 11.7 Å². The number of hydrogen-bond acceptors (Lipinski definition) is 4. The van der Waals surface area contributed by atoms with Crippen LogP contribution in [0.1, 0.15) is 27.2 Å². The third-order valence-electron chi connectivity index (χ3n) is 1.95. The molecule has 2 atom stereocenters. The van der Waals surface area contributed by atoms with E-state index in [9.17, 15) is 9.90 Å². The van der Waals surface area contributed by atoms with Crippen molar-refractivity contribution in [2.75, 3.05) is 6.54 Å².